The van der Waals surface area contributed by atoms with Crippen molar-refractivity contribution >= 4 is 73.0 Å². The first-order chi connectivity index (χ1) is 20.8. The van der Waals surface area contributed by atoms with Crippen LogP contribution < -0.4 is 14.9 Å². The third-order valence-electron chi connectivity index (χ3n) is 5.37. The van der Waals surface area contributed by atoms with Gasteiger partial charge in [0.05, 0.1) is 14.2 Å². The van der Waals surface area contributed by atoms with E-state index in [4.69, 9.17) is 29.4 Å². The van der Waals surface area contributed by atoms with Crippen molar-refractivity contribution in [2.24, 2.45) is 0 Å². The average Bonchev–Trinajstić information content (AvgIpc) is 3.79. The van der Waals surface area contributed by atoms with Crippen molar-refractivity contribution in [2.45, 2.75) is 27.7 Å². The van der Waals surface area contributed by atoms with Crippen LogP contribution in [0, 0.1) is 24.3 Å². The third-order valence-corrected chi connectivity index (χ3v) is 7.82. The van der Waals surface area contributed by atoms with Crippen LogP contribution in [-0.2, 0) is 25.2 Å². The molecule has 4 aromatic carbocycles. The molecule has 0 saturated heterocycles. The zero-order valence-corrected chi connectivity index (χ0v) is 32.4. The van der Waals surface area contributed by atoms with E-state index in [0.29, 0.717) is 17.2 Å². The van der Waals surface area contributed by atoms with Crippen LogP contribution in [0.2, 0.25) is 0 Å². The molecule has 0 aliphatic carbocycles. The number of hydrogen-bond donors (Lipinski definition) is 3. The Balaban J connectivity index is 0.000000585. The molecule has 0 fully saturated rings. The summed E-state index contributed by atoms with van der Waals surface area (Å²) in [6.45, 7) is 7.02. The summed E-state index contributed by atoms with van der Waals surface area (Å²) >= 11 is 9.23. The summed E-state index contributed by atoms with van der Waals surface area (Å²) in [5.74, 6) is 1.42. The van der Waals surface area contributed by atoms with Gasteiger partial charge in [0.2, 0.25) is 0 Å². The molecule has 1 heterocycles. The van der Waals surface area contributed by atoms with E-state index in [0.717, 1.165) is 17.1 Å². The fraction of sp³-hybridized carbons (Fsp3) is 0.188. The molecule has 0 unspecified atom stereocenters. The molecule has 5 aromatic rings. The summed E-state index contributed by atoms with van der Waals surface area (Å²) < 4.78 is 21.9. The molecule has 1 aromatic heterocycles. The normalized spacial score (nSPS) is 9.22. The summed E-state index contributed by atoms with van der Waals surface area (Å²) in [5.41, 5.74) is 5.43. The fourth-order valence-corrected chi connectivity index (χ4v) is 4.17. The Bertz CT molecular complexity index is 1500. The van der Waals surface area contributed by atoms with E-state index in [1.165, 1.54) is 30.3 Å². The maximum Gasteiger partial charge on any atom is 0.488 e. The first-order valence-corrected chi connectivity index (χ1v) is 15.6. The second-order valence-corrected chi connectivity index (χ2v) is 11.9. The van der Waals surface area contributed by atoms with Crippen molar-refractivity contribution in [3.8, 4) is 22.6 Å². The first-order valence-electron chi connectivity index (χ1n) is 13.0. The van der Waals surface area contributed by atoms with Gasteiger partial charge >= 0.3 is 7.12 Å². The van der Waals surface area contributed by atoms with Gasteiger partial charge in [0, 0.05) is 45.8 Å². The van der Waals surface area contributed by atoms with E-state index in [2.05, 4.69) is 126 Å². The van der Waals surface area contributed by atoms with Gasteiger partial charge in [-0.05, 0) is 113 Å². The molecule has 8 nitrogen and oxygen atoms in total. The SMILES string of the molecule is CC(=O)O.COc1ccc(-c2ccc(Br)c(C)c2)cc1.COc1ccc(B(O)O)cc1.C[c-]1oo1.Cc1cc(I)ccc1Br.[Pd]. The quantitative estimate of drug-likeness (QED) is 0.0715. The van der Waals surface area contributed by atoms with Crippen LogP contribution in [0.4, 0.5) is 0 Å². The molecule has 3 N–H and O–H groups in total. The monoisotopic (exact) mass is 949 g/mol. The second-order valence-electron chi connectivity index (χ2n) is 8.91. The van der Waals surface area contributed by atoms with Crippen LogP contribution in [0.15, 0.2) is 103 Å². The van der Waals surface area contributed by atoms with Crippen LogP contribution in [-0.4, -0.2) is 42.5 Å². The topological polar surface area (TPSA) is 123 Å². The number of ether oxygens (including phenoxy) is 2. The summed E-state index contributed by atoms with van der Waals surface area (Å²) in [4.78, 5) is 9.00. The molecule has 0 radical (unpaired) electrons. The first kappa shape index (κ1) is 42.8. The Morgan fingerprint density at radius 3 is 1.49 bits per heavy atom. The number of aliphatic carboxylic acids is 1. The molecule has 0 saturated carbocycles. The second kappa shape index (κ2) is 23.1. The summed E-state index contributed by atoms with van der Waals surface area (Å²) in [6.07, 6.45) is 0. The molecule has 246 valence electrons. The van der Waals surface area contributed by atoms with E-state index in [9.17, 15) is 0 Å². The number of aryl methyl sites for hydroxylation is 3. The predicted molar refractivity (Wildman–Crippen MR) is 190 cm³/mol. The van der Waals surface area contributed by atoms with Crippen molar-refractivity contribution in [1.82, 2.24) is 0 Å². The number of halogens is 3. The summed E-state index contributed by atoms with van der Waals surface area (Å²) in [5, 5.41) is 24.8. The van der Waals surface area contributed by atoms with Gasteiger partial charge in [0.25, 0.3) is 5.97 Å². The molecule has 0 amide bonds. The third kappa shape index (κ3) is 19.1. The van der Waals surface area contributed by atoms with Gasteiger partial charge in [-0.25, -0.2) is 0 Å². The molecule has 0 aliphatic rings. The van der Waals surface area contributed by atoms with Crippen molar-refractivity contribution in [1.29, 1.82) is 0 Å². The standard InChI is InChI=1S/C14H13BrO.C7H9BO3.C7H6BrI.C2H3O2.C2H4O2.Pd/c1-10-9-12(5-8-14(10)15)11-3-6-13(16-2)7-4-11;1-11-7-4-2-6(3-5-7)8(9)10;1-5-4-6(9)2-3-7(5)8;1-2-3-4-2;1-2(3)4;/h3-9H,1-2H3;2-5,9-10H,1H3;2-4H,1H3;1H3;1H3,(H,3,4);/q;;;-1;;. The van der Waals surface area contributed by atoms with Crippen LogP contribution in [0.5, 0.6) is 11.5 Å². The van der Waals surface area contributed by atoms with Gasteiger partial charge in [0.15, 0.2) is 0 Å². The number of carbonyl (C=O) groups is 1. The molecule has 45 heavy (non-hydrogen) atoms. The number of carboxylic acid groups (broad SMARTS) is 1. The zero-order valence-electron chi connectivity index (χ0n) is 25.5. The number of carboxylic acids is 1. The van der Waals surface area contributed by atoms with E-state index in [-0.39, 0.29) is 20.4 Å². The molecule has 0 atom stereocenters. The van der Waals surface area contributed by atoms with E-state index in [1.54, 1.807) is 45.4 Å². The van der Waals surface area contributed by atoms with Gasteiger partial charge in [-0.3, -0.25) is 4.79 Å². The average molecular weight is 952 g/mol. The Morgan fingerprint density at radius 2 is 1.16 bits per heavy atom. The largest absolute Gasteiger partial charge is 0.497 e. The minimum Gasteiger partial charge on any atom is -0.497 e. The Labute approximate surface area is 308 Å². The summed E-state index contributed by atoms with van der Waals surface area (Å²) in [7, 11) is 1.84. The minimum atomic E-state index is -1.40. The molecular formula is C32H35BBr2IO8Pd-. The number of methoxy groups -OCH3 is 2. The summed E-state index contributed by atoms with van der Waals surface area (Å²) in [6, 6.07) is 27.3. The van der Waals surface area contributed by atoms with E-state index >= 15 is 0 Å². The van der Waals surface area contributed by atoms with Crippen LogP contribution >= 0.6 is 54.5 Å². The maximum absolute atomic E-state index is 9.00. The molecule has 0 aliphatic heterocycles. The van der Waals surface area contributed by atoms with Crippen molar-refractivity contribution < 1.29 is 59.0 Å². The van der Waals surface area contributed by atoms with Crippen LogP contribution in [0.3, 0.4) is 0 Å². The van der Waals surface area contributed by atoms with Gasteiger partial charge in [-0.2, -0.15) is 0 Å². The van der Waals surface area contributed by atoms with E-state index in [1.807, 2.05) is 12.1 Å². The Morgan fingerprint density at radius 1 is 0.778 bits per heavy atom. The Hall–Kier alpha value is -2.24. The van der Waals surface area contributed by atoms with Crippen LogP contribution in [0.25, 0.3) is 11.1 Å². The molecule has 0 spiro atoms. The molecule has 5 rings (SSSR count). The molecular weight excluding hydrogens is 916 g/mol. The van der Waals surface area contributed by atoms with Gasteiger partial charge < -0.3 is 33.8 Å². The van der Waals surface area contributed by atoms with E-state index < -0.39 is 13.1 Å². The van der Waals surface area contributed by atoms with Crippen molar-refractivity contribution in [2.75, 3.05) is 14.2 Å². The van der Waals surface area contributed by atoms with Gasteiger partial charge in [0.1, 0.15) is 11.5 Å². The van der Waals surface area contributed by atoms with Crippen LogP contribution in [0.1, 0.15) is 24.0 Å². The number of rotatable bonds is 4. The Kier molecular flexibility index (Phi) is 22.0. The van der Waals surface area contributed by atoms with Gasteiger partial charge in [-0.15, -0.1) is 6.92 Å². The molecule has 13 heteroatoms. The maximum atomic E-state index is 9.00. The predicted octanol–water partition coefficient (Wildman–Crippen LogP) is 8.16. The number of hydrogen-bond acceptors (Lipinski definition) is 7. The van der Waals surface area contributed by atoms with Crippen molar-refractivity contribution in [3.63, 3.8) is 0 Å². The number of benzene rings is 4. The van der Waals surface area contributed by atoms with Crippen molar-refractivity contribution in [3.05, 3.63) is 115 Å². The fourth-order valence-electron chi connectivity index (χ4n) is 3.03. The smallest absolute Gasteiger partial charge is 0.488 e. The zero-order chi connectivity index (χ0) is 33.2. The van der Waals surface area contributed by atoms with Gasteiger partial charge in [-0.1, -0.05) is 68.3 Å². The minimum absolute atomic E-state index is 0. The molecule has 0 bridgehead atoms.